The number of hydrogen-bond acceptors (Lipinski definition) is 2. The van der Waals surface area contributed by atoms with E-state index in [4.69, 9.17) is 4.74 Å². The molecule has 2 aliphatic rings. The van der Waals surface area contributed by atoms with Crippen molar-refractivity contribution in [3.63, 3.8) is 0 Å². The fourth-order valence-corrected chi connectivity index (χ4v) is 4.77. The van der Waals surface area contributed by atoms with E-state index >= 15 is 0 Å². The number of ether oxygens (including phenoxy) is 1. The Bertz CT molecular complexity index is 763. The Balaban J connectivity index is 0.000000330. The van der Waals surface area contributed by atoms with E-state index in [1.807, 2.05) is 36.4 Å². The Morgan fingerprint density at radius 2 is 1.29 bits per heavy atom. The highest BCUT2D eigenvalue weighted by Gasteiger charge is 2.13. The van der Waals surface area contributed by atoms with Gasteiger partial charge in [0, 0.05) is 5.56 Å². The first-order valence-corrected chi connectivity index (χ1v) is 12.5. The third kappa shape index (κ3) is 8.16. The van der Waals surface area contributed by atoms with E-state index in [1.165, 1.54) is 70.6 Å². The molecular weight excluding hydrogens is 380 g/mol. The maximum Gasteiger partial charge on any atom is 0.159 e. The van der Waals surface area contributed by atoms with Gasteiger partial charge in [0.25, 0.3) is 0 Å². The summed E-state index contributed by atoms with van der Waals surface area (Å²) in [5.41, 5.74) is 3.01. The minimum atomic E-state index is 0.100. The van der Waals surface area contributed by atoms with E-state index in [-0.39, 0.29) is 5.78 Å². The summed E-state index contributed by atoms with van der Waals surface area (Å²) in [6.45, 7) is 4.77. The summed E-state index contributed by atoms with van der Waals surface area (Å²) in [4.78, 5) is 11.3. The quantitative estimate of drug-likeness (QED) is 0.438. The molecule has 2 saturated carbocycles. The normalized spacial score (nSPS) is 17.5. The average Bonchev–Trinajstić information content (AvgIpc) is 2.81. The zero-order valence-corrected chi connectivity index (χ0v) is 19.6. The lowest BCUT2D eigenvalue weighted by Crippen LogP contribution is -2.10. The van der Waals surface area contributed by atoms with Crippen molar-refractivity contribution in [1.82, 2.24) is 0 Å². The third-order valence-electron chi connectivity index (χ3n) is 6.89. The van der Waals surface area contributed by atoms with Crippen LogP contribution in [0.3, 0.4) is 0 Å². The molecule has 0 spiro atoms. The van der Waals surface area contributed by atoms with Crippen LogP contribution in [0.5, 0.6) is 5.75 Å². The molecule has 2 fully saturated rings. The molecule has 0 heterocycles. The zero-order chi connectivity index (χ0) is 21.9. The van der Waals surface area contributed by atoms with Crippen LogP contribution < -0.4 is 4.74 Å². The van der Waals surface area contributed by atoms with Crippen molar-refractivity contribution < 1.29 is 9.53 Å². The summed E-state index contributed by atoms with van der Waals surface area (Å²) < 4.78 is 5.91. The second-order valence-corrected chi connectivity index (χ2v) is 9.54. The molecule has 2 nitrogen and oxygen atoms in total. The maximum absolute atomic E-state index is 11.3. The van der Waals surface area contributed by atoms with Gasteiger partial charge in [-0.05, 0) is 48.4 Å². The van der Waals surface area contributed by atoms with Gasteiger partial charge >= 0.3 is 0 Å². The first kappa shape index (κ1) is 23.6. The van der Waals surface area contributed by atoms with E-state index < -0.39 is 0 Å². The van der Waals surface area contributed by atoms with Crippen molar-refractivity contribution in [2.45, 2.75) is 84.5 Å². The van der Waals surface area contributed by atoms with Crippen LogP contribution in [0.25, 0.3) is 11.1 Å². The van der Waals surface area contributed by atoms with Crippen LogP contribution in [0.2, 0.25) is 0 Å². The lowest BCUT2D eigenvalue weighted by Gasteiger charge is -2.21. The molecule has 0 aliphatic heterocycles. The number of ketones is 1. The lowest BCUT2D eigenvalue weighted by molar-refractivity contribution is 0.101. The van der Waals surface area contributed by atoms with E-state index in [9.17, 15) is 4.79 Å². The molecule has 0 amide bonds. The van der Waals surface area contributed by atoms with Gasteiger partial charge in [0.05, 0.1) is 6.61 Å². The minimum absolute atomic E-state index is 0.100. The number of hydrogen-bond donors (Lipinski definition) is 0. The van der Waals surface area contributed by atoms with Crippen LogP contribution in [-0.2, 0) is 0 Å². The Hall–Kier alpha value is -2.09. The molecule has 0 aromatic heterocycles. The fourth-order valence-electron chi connectivity index (χ4n) is 4.77. The van der Waals surface area contributed by atoms with Gasteiger partial charge in [0.2, 0.25) is 0 Å². The Morgan fingerprint density at radius 1 is 0.774 bits per heavy atom. The van der Waals surface area contributed by atoms with Crippen molar-refractivity contribution in [1.29, 1.82) is 0 Å². The summed E-state index contributed by atoms with van der Waals surface area (Å²) in [6.07, 6.45) is 15.5. The Labute approximate surface area is 189 Å². The highest BCUT2D eigenvalue weighted by atomic mass is 16.5. The summed E-state index contributed by atoms with van der Waals surface area (Å²) in [7, 11) is 0. The highest BCUT2D eigenvalue weighted by Crippen LogP contribution is 2.27. The van der Waals surface area contributed by atoms with E-state index in [0.717, 1.165) is 40.9 Å². The Morgan fingerprint density at radius 3 is 1.77 bits per heavy atom. The topological polar surface area (TPSA) is 26.3 Å². The molecule has 168 valence electrons. The second kappa shape index (κ2) is 12.7. The molecule has 0 saturated heterocycles. The van der Waals surface area contributed by atoms with Gasteiger partial charge in [-0.15, -0.1) is 0 Å². The molecular formula is C29H40O2. The minimum Gasteiger partial charge on any atom is -0.494 e. The highest BCUT2D eigenvalue weighted by molar-refractivity contribution is 5.94. The van der Waals surface area contributed by atoms with Crippen LogP contribution in [0.15, 0.2) is 48.5 Å². The summed E-state index contributed by atoms with van der Waals surface area (Å²) in [5.74, 6) is 2.93. The van der Waals surface area contributed by atoms with Crippen LogP contribution in [0.1, 0.15) is 94.8 Å². The monoisotopic (exact) mass is 420 g/mol. The fraction of sp³-hybridized carbons (Fsp3) is 0.552. The molecule has 4 rings (SSSR count). The third-order valence-corrected chi connectivity index (χ3v) is 6.89. The largest absolute Gasteiger partial charge is 0.494 e. The van der Waals surface area contributed by atoms with Gasteiger partial charge in [0.15, 0.2) is 5.78 Å². The van der Waals surface area contributed by atoms with E-state index in [2.05, 4.69) is 19.1 Å². The molecule has 2 heteroatoms. The van der Waals surface area contributed by atoms with Crippen molar-refractivity contribution >= 4 is 5.78 Å². The van der Waals surface area contributed by atoms with Crippen LogP contribution in [0, 0.1) is 11.8 Å². The SMILES string of the molecule is CC(=O)c1ccc(-c2ccc(OCCC3CCCCC3)cc2)cc1.CC1CCCCC1. The molecule has 0 bridgehead atoms. The zero-order valence-electron chi connectivity index (χ0n) is 19.6. The van der Waals surface area contributed by atoms with Gasteiger partial charge in [0.1, 0.15) is 5.75 Å². The molecule has 2 aromatic carbocycles. The smallest absolute Gasteiger partial charge is 0.159 e. The lowest BCUT2D eigenvalue weighted by atomic mass is 9.87. The van der Waals surface area contributed by atoms with Gasteiger partial charge in [-0.1, -0.05) is 108 Å². The van der Waals surface area contributed by atoms with E-state index in [0.29, 0.717) is 0 Å². The second-order valence-electron chi connectivity index (χ2n) is 9.54. The molecule has 0 unspecified atom stereocenters. The van der Waals surface area contributed by atoms with Crippen molar-refractivity contribution in [2.24, 2.45) is 11.8 Å². The molecule has 0 N–H and O–H groups in total. The van der Waals surface area contributed by atoms with E-state index in [1.54, 1.807) is 6.92 Å². The van der Waals surface area contributed by atoms with Gasteiger partial charge < -0.3 is 4.74 Å². The van der Waals surface area contributed by atoms with Gasteiger partial charge in [-0.3, -0.25) is 4.79 Å². The predicted octanol–water partition coefficient (Wildman–Crippen LogP) is 8.49. The van der Waals surface area contributed by atoms with Gasteiger partial charge in [-0.2, -0.15) is 0 Å². The standard InChI is InChI=1S/C22H26O2.C7H14/c1-17(23)19-7-9-20(10-8-19)21-11-13-22(14-12-21)24-16-15-18-5-3-2-4-6-18;1-7-5-3-2-4-6-7/h7-14,18H,2-6,15-16H2,1H3;7H,2-6H2,1H3. The number of Topliss-reactive ketones (excluding diaryl/α,β-unsaturated/α-hetero) is 1. The molecule has 31 heavy (non-hydrogen) atoms. The predicted molar refractivity (Wildman–Crippen MR) is 131 cm³/mol. The number of rotatable bonds is 6. The van der Waals surface area contributed by atoms with Gasteiger partial charge in [-0.25, -0.2) is 0 Å². The van der Waals surface area contributed by atoms with Crippen molar-refractivity contribution in [3.05, 3.63) is 54.1 Å². The number of carbonyl (C=O) groups is 1. The molecule has 0 radical (unpaired) electrons. The maximum atomic E-state index is 11.3. The molecule has 2 aliphatic carbocycles. The Kier molecular flexibility index (Phi) is 9.65. The molecule has 0 atom stereocenters. The first-order chi connectivity index (χ1) is 15.1. The summed E-state index contributed by atoms with van der Waals surface area (Å²) in [5, 5.41) is 0. The van der Waals surface area contributed by atoms with Crippen LogP contribution in [0.4, 0.5) is 0 Å². The first-order valence-electron chi connectivity index (χ1n) is 12.5. The number of benzene rings is 2. The van der Waals surface area contributed by atoms with Crippen molar-refractivity contribution in [3.8, 4) is 16.9 Å². The van der Waals surface area contributed by atoms with Crippen LogP contribution in [-0.4, -0.2) is 12.4 Å². The average molecular weight is 421 g/mol. The molecule has 2 aromatic rings. The summed E-state index contributed by atoms with van der Waals surface area (Å²) >= 11 is 0. The summed E-state index contributed by atoms with van der Waals surface area (Å²) in [6, 6.07) is 16.0. The van der Waals surface area contributed by atoms with Crippen molar-refractivity contribution in [2.75, 3.05) is 6.61 Å². The number of carbonyl (C=O) groups excluding carboxylic acids is 1. The van der Waals surface area contributed by atoms with Crippen LogP contribution >= 0.6 is 0 Å².